The summed E-state index contributed by atoms with van der Waals surface area (Å²) in [7, 11) is 0. The van der Waals surface area contributed by atoms with Crippen LogP contribution < -0.4 is 15.6 Å². The van der Waals surface area contributed by atoms with Crippen LogP contribution in [0.5, 0.6) is 5.75 Å². The van der Waals surface area contributed by atoms with Crippen molar-refractivity contribution in [1.29, 1.82) is 0 Å². The van der Waals surface area contributed by atoms with Gasteiger partial charge in [0, 0.05) is 15.9 Å². The standard InChI is InChI=1S/C18H20ClN3O3S/c19-13-5-7-14(8-6-13)25-12-18(24)21-20-17(23)11-22-9-1-3-15(22)16-4-2-10-26-16/h2,4-8,10,15H,1,3,9,11-12H2,(H,20,23)(H,21,24)/t15-/m0/s1. The van der Waals surface area contributed by atoms with Crippen molar-refractivity contribution in [3.8, 4) is 5.75 Å². The molecule has 1 aromatic carbocycles. The van der Waals surface area contributed by atoms with E-state index in [4.69, 9.17) is 16.3 Å². The predicted molar refractivity (Wildman–Crippen MR) is 101 cm³/mol. The van der Waals surface area contributed by atoms with Gasteiger partial charge < -0.3 is 4.74 Å². The molecule has 0 spiro atoms. The highest BCUT2D eigenvalue weighted by atomic mass is 35.5. The summed E-state index contributed by atoms with van der Waals surface area (Å²) in [6.45, 7) is 0.938. The molecule has 2 amide bonds. The Morgan fingerprint density at radius 2 is 1.96 bits per heavy atom. The third-order valence-corrected chi connectivity index (χ3v) is 5.33. The van der Waals surface area contributed by atoms with Gasteiger partial charge in [-0.05, 0) is 55.1 Å². The molecule has 138 valence electrons. The van der Waals surface area contributed by atoms with E-state index in [1.165, 1.54) is 4.88 Å². The van der Waals surface area contributed by atoms with Crippen molar-refractivity contribution >= 4 is 34.8 Å². The molecule has 0 bridgehead atoms. The summed E-state index contributed by atoms with van der Waals surface area (Å²) in [5.41, 5.74) is 4.82. The molecule has 26 heavy (non-hydrogen) atoms. The number of hydrazine groups is 1. The van der Waals surface area contributed by atoms with E-state index in [0.29, 0.717) is 10.8 Å². The monoisotopic (exact) mass is 393 g/mol. The zero-order valence-corrected chi connectivity index (χ0v) is 15.7. The van der Waals surface area contributed by atoms with Crippen molar-refractivity contribution in [3.05, 3.63) is 51.7 Å². The number of nitrogens with one attached hydrogen (secondary N) is 2. The Hall–Kier alpha value is -2.09. The fourth-order valence-corrected chi connectivity index (χ4v) is 3.92. The molecule has 1 fully saturated rings. The van der Waals surface area contributed by atoms with Crippen molar-refractivity contribution in [2.75, 3.05) is 19.7 Å². The Morgan fingerprint density at radius 3 is 2.69 bits per heavy atom. The molecule has 2 aromatic rings. The molecule has 3 rings (SSSR count). The second-order valence-corrected chi connectivity index (χ2v) is 7.40. The fraction of sp³-hybridized carbons (Fsp3) is 0.333. The maximum absolute atomic E-state index is 12.1. The lowest BCUT2D eigenvalue weighted by Gasteiger charge is -2.22. The van der Waals surface area contributed by atoms with Gasteiger partial charge in [0.15, 0.2) is 6.61 Å². The van der Waals surface area contributed by atoms with Gasteiger partial charge in [0.25, 0.3) is 11.8 Å². The molecule has 2 heterocycles. The molecule has 1 aromatic heterocycles. The van der Waals surface area contributed by atoms with Gasteiger partial charge in [-0.1, -0.05) is 17.7 Å². The minimum Gasteiger partial charge on any atom is -0.484 e. The Bertz CT molecular complexity index is 737. The number of likely N-dealkylation sites (tertiary alicyclic amines) is 1. The van der Waals surface area contributed by atoms with E-state index in [9.17, 15) is 9.59 Å². The molecule has 1 atom stereocenters. The van der Waals surface area contributed by atoms with Gasteiger partial charge in [-0.25, -0.2) is 0 Å². The maximum Gasteiger partial charge on any atom is 0.276 e. The van der Waals surface area contributed by atoms with Crippen LogP contribution in [-0.4, -0.2) is 36.4 Å². The molecule has 0 saturated carbocycles. The Morgan fingerprint density at radius 1 is 1.19 bits per heavy atom. The lowest BCUT2D eigenvalue weighted by atomic mass is 10.2. The molecule has 1 aliphatic rings. The highest BCUT2D eigenvalue weighted by Gasteiger charge is 2.28. The van der Waals surface area contributed by atoms with E-state index in [1.807, 2.05) is 11.4 Å². The van der Waals surface area contributed by atoms with E-state index in [2.05, 4.69) is 21.8 Å². The summed E-state index contributed by atoms with van der Waals surface area (Å²) in [5, 5.41) is 2.64. The fourth-order valence-electron chi connectivity index (χ4n) is 2.90. The van der Waals surface area contributed by atoms with Crippen LogP contribution in [0.4, 0.5) is 0 Å². The maximum atomic E-state index is 12.1. The highest BCUT2D eigenvalue weighted by Crippen LogP contribution is 2.33. The second-order valence-electron chi connectivity index (χ2n) is 5.98. The Balaban J connectivity index is 1.39. The van der Waals surface area contributed by atoms with Gasteiger partial charge in [0.05, 0.1) is 6.54 Å². The van der Waals surface area contributed by atoms with Crippen molar-refractivity contribution in [2.24, 2.45) is 0 Å². The average molecular weight is 394 g/mol. The Kier molecular flexibility index (Phi) is 6.49. The first-order chi connectivity index (χ1) is 12.6. The number of carbonyl (C=O) groups excluding carboxylic acids is 2. The number of hydrogen-bond donors (Lipinski definition) is 2. The van der Waals surface area contributed by atoms with Crippen LogP contribution in [0.25, 0.3) is 0 Å². The number of halogens is 1. The summed E-state index contributed by atoms with van der Waals surface area (Å²) in [5.74, 6) is -0.135. The third-order valence-electron chi connectivity index (χ3n) is 4.11. The first-order valence-corrected chi connectivity index (χ1v) is 9.61. The molecule has 8 heteroatoms. The number of rotatable bonds is 6. The van der Waals surface area contributed by atoms with Gasteiger partial charge in [0.1, 0.15) is 5.75 Å². The SMILES string of the molecule is O=C(COc1ccc(Cl)cc1)NNC(=O)CN1CCC[C@H]1c1cccs1. The van der Waals surface area contributed by atoms with Crippen LogP contribution in [0.1, 0.15) is 23.8 Å². The zero-order valence-electron chi connectivity index (χ0n) is 14.1. The van der Waals surface area contributed by atoms with Crippen LogP contribution in [0.2, 0.25) is 5.02 Å². The first kappa shape index (κ1) is 18.7. The van der Waals surface area contributed by atoms with Gasteiger partial charge >= 0.3 is 0 Å². The third kappa shape index (κ3) is 5.20. The number of benzene rings is 1. The first-order valence-electron chi connectivity index (χ1n) is 8.35. The number of carbonyl (C=O) groups is 2. The zero-order chi connectivity index (χ0) is 18.4. The molecular formula is C18H20ClN3O3S. The number of hydrogen-bond acceptors (Lipinski definition) is 5. The molecular weight excluding hydrogens is 374 g/mol. The second kappa shape index (κ2) is 9.02. The lowest BCUT2D eigenvalue weighted by molar-refractivity contribution is -0.130. The molecule has 6 nitrogen and oxygen atoms in total. The van der Waals surface area contributed by atoms with Crippen molar-refractivity contribution < 1.29 is 14.3 Å². The summed E-state index contributed by atoms with van der Waals surface area (Å²) in [6, 6.07) is 11.1. The Labute approximate surface area is 161 Å². The minimum atomic E-state index is -0.426. The topological polar surface area (TPSA) is 70.7 Å². The van der Waals surface area contributed by atoms with Gasteiger partial charge in [-0.3, -0.25) is 25.3 Å². The minimum absolute atomic E-state index is 0.191. The largest absolute Gasteiger partial charge is 0.484 e. The summed E-state index contributed by atoms with van der Waals surface area (Å²) >= 11 is 7.49. The van der Waals surface area contributed by atoms with E-state index in [-0.39, 0.29) is 25.1 Å². The van der Waals surface area contributed by atoms with Crippen LogP contribution in [-0.2, 0) is 9.59 Å². The quantitative estimate of drug-likeness (QED) is 0.740. The van der Waals surface area contributed by atoms with Gasteiger partial charge in [-0.15, -0.1) is 11.3 Å². The molecule has 0 aliphatic carbocycles. The van der Waals surface area contributed by atoms with Crippen LogP contribution in [0.3, 0.4) is 0 Å². The summed E-state index contributed by atoms with van der Waals surface area (Å²) in [6.07, 6.45) is 2.12. The van der Waals surface area contributed by atoms with E-state index in [0.717, 1.165) is 19.4 Å². The lowest BCUT2D eigenvalue weighted by Crippen LogP contribution is -2.47. The summed E-state index contributed by atoms with van der Waals surface area (Å²) < 4.78 is 5.32. The smallest absolute Gasteiger partial charge is 0.276 e. The molecule has 1 aliphatic heterocycles. The predicted octanol–water partition coefficient (Wildman–Crippen LogP) is 2.76. The number of thiophene rings is 1. The van der Waals surface area contributed by atoms with E-state index in [1.54, 1.807) is 35.6 Å². The van der Waals surface area contributed by atoms with Crippen molar-refractivity contribution in [3.63, 3.8) is 0 Å². The van der Waals surface area contributed by atoms with Gasteiger partial charge in [0.2, 0.25) is 0 Å². The average Bonchev–Trinajstić information content (AvgIpc) is 3.31. The van der Waals surface area contributed by atoms with Crippen LogP contribution in [0, 0.1) is 0 Å². The van der Waals surface area contributed by atoms with Crippen molar-refractivity contribution in [2.45, 2.75) is 18.9 Å². The number of nitrogens with zero attached hydrogens (tertiary/aromatic N) is 1. The van der Waals surface area contributed by atoms with Crippen molar-refractivity contribution in [1.82, 2.24) is 15.8 Å². The number of ether oxygens (including phenoxy) is 1. The highest BCUT2D eigenvalue weighted by molar-refractivity contribution is 7.10. The van der Waals surface area contributed by atoms with Crippen LogP contribution >= 0.6 is 22.9 Å². The summed E-state index contributed by atoms with van der Waals surface area (Å²) in [4.78, 5) is 27.3. The molecule has 2 N–H and O–H groups in total. The molecule has 0 radical (unpaired) electrons. The molecule has 1 saturated heterocycles. The van der Waals surface area contributed by atoms with E-state index < -0.39 is 5.91 Å². The molecule has 0 unspecified atom stereocenters. The van der Waals surface area contributed by atoms with E-state index >= 15 is 0 Å². The van der Waals surface area contributed by atoms with Crippen LogP contribution in [0.15, 0.2) is 41.8 Å². The number of amides is 2. The normalized spacial score (nSPS) is 17.0. The van der Waals surface area contributed by atoms with Gasteiger partial charge in [-0.2, -0.15) is 0 Å².